The van der Waals surface area contributed by atoms with E-state index in [0.717, 1.165) is 36.5 Å². The van der Waals surface area contributed by atoms with Crippen LogP contribution in [-0.4, -0.2) is 19.7 Å². The maximum absolute atomic E-state index is 5.99. The summed E-state index contributed by atoms with van der Waals surface area (Å²) in [6.45, 7) is 10.6. The normalized spacial score (nSPS) is 11.7. The fraction of sp³-hybridized carbons (Fsp3) is 0.676. The third-order valence-electron chi connectivity index (χ3n) is 8.02. The molecule has 2 nitrogen and oxygen atoms in total. The lowest BCUT2D eigenvalue weighted by molar-refractivity contribution is 0.304. The van der Waals surface area contributed by atoms with E-state index >= 15 is 0 Å². The molecule has 0 aliphatic heterocycles. The Hall–Kier alpha value is -1.61. The minimum Gasteiger partial charge on any atom is -0.494 e. The van der Waals surface area contributed by atoms with E-state index in [9.17, 15) is 0 Å². The molecule has 0 bridgehead atoms. The minimum absolute atomic E-state index is 0.821. The highest BCUT2D eigenvalue weighted by atomic mass is 28.3. The van der Waals surface area contributed by atoms with Gasteiger partial charge in [-0.15, -0.1) is 0 Å². The Morgan fingerprint density at radius 2 is 1.24 bits per heavy atom. The molecule has 0 saturated carbocycles. The van der Waals surface area contributed by atoms with Crippen molar-refractivity contribution in [3.63, 3.8) is 0 Å². The Balaban J connectivity index is 1.50. The number of hydrogen-bond donors (Lipinski definition) is 0. The predicted molar refractivity (Wildman–Crippen MR) is 167 cm³/mol. The Morgan fingerprint density at radius 1 is 0.649 bits per heavy atom. The summed E-state index contributed by atoms with van der Waals surface area (Å²) in [6.07, 6.45) is 23.6. The van der Waals surface area contributed by atoms with Crippen LogP contribution >= 0.6 is 0 Å². The lowest BCUT2D eigenvalue weighted by Gasteiger charge is -2.19. The molecule has 1 aromatic heterocycles. The third-order valence-corrected chi connectivity index (χ3v) is 11.6. The highest BCUT2D eigenvalue weighted by Gasteiger charge is 2.16. The van der Waals surface area contributed by atoms with Crippen LogP contribution in [0.4, 0.5) is 0 Å². The maximum atomic E-state index is 5.99. The van der Waals surface area contributed by atoms with E-state index in [1.54, 1.807) is 0 Å². The summed E-state index contributed by atoms with van der Waals surface area (Å²) in [5.74, 6) is 0.970. The van der Waals surface area contributed by atoms with Crippen molar-refractivity contribution in [3.05, 3.63) is 48.2 Å². The van der Waals surface area contributed by atoms with Gasteiger partial charge in [0.05, 0.1) is 12.3 Å². The zero-order chi connectivity index (χ0) is 26.6. The molecule has 1 heterocycles. The van der Waals surface area contributed by atoms with E-state index < -0.39 is 8.07 Å². The van der Waals surface area contributed by atoms with Crippen LogP contribution in [0.15, 0.2) is 42.6 Å². The van der Waals surface area contributed by atoms with Gasteiger partial charge in [-0.3, -0.25) is 4.98 Å². The quantitative estimate of drug-likeness (QED) is 0.113. The van der Waals surface area contributed by atoms with Crippen molar-refractivity contribution in [1.29, 1.82) is 0 Å². The maximum Gasteiger partial charge on any atom is 0.119 e. The van der Waals surface area contributed by atoms with Crippen LogP contribution in [0.2, 0.25) is 25.2 Å². The first kappa shape index (κ1) is 31.6. The van der Waals surface area contributed by atoms with E-state index in [1.807, 2.05) is 0 Å². The van der Waals surface area contributed by atoms with E-state index in [1.165, 1.54) is 108 Å². The topological polar surface area (TPSA) is 22.1 Å². The fourth-order valence-corrected chi connectivity index (χ4v) is 6.45. The Bertz CT molecular complexity index is 800. The molecule has 3 heteroatoms. The van der Waals surface area contributed by atoms with E-state index in [2.05, 4.69) is 69.5 Å². The SMILES string of the molecule is CCCCCCCCc1ccc(-c2ccc(OCCCCCCCCCCC[Si](C)(C)CC)cc2)nc1. The van der Waals surface area contributed by atoms with Gasteiger partial charge in [-0.2, -0.15) is 0 Å². The molecule has 0 aliphatic rings. The molecular formula is C34H57NOSi. The molecule has 0 unspecified atom stereocenters. The molecule has 1 aromatic carbocycles. The smallest absolute Gasteiger partial charge is 0.119 e. The molecule has 2 rings (SSSR count). The van der Waals surface area contributed by atoms with Gasteiger partial charge < -0.3 is 4.74 Å². The van der Waals surface area contributed by atoms with Crippen LogP contribution in [0.5, 0.6) is 5.75 Å². The standard InChI is InChI=1S/C34H57NOSi/c1-5-7-8-9-15-18-21-31-22-27-34(35-30-31)32-23-25-33(26-24-32)36-28-19-16-13-11-10-12-14-17-20-29-37(3,4)6-2/h22-27,30H,5-21,28-29H2,1-4H3. The average Bonchev–Trinajstić information content (AvgIpc) is 2.92. The van der Waals surface area contributed by atoms with Gasteiger partial charge in [0.2, 0.25) is 0 Å². The Kier molecular flexibility index (Phi) is 16.6. The third kappa shape index (κ3) is 14.8. The van der Waals surface area contributed by atoms with Gasteiger partial charge in [-0.25, -0.2) is 0 Å². The molecule has 0 amide bonds. The monoisotopic (exact) mass is 523 g/mol. The van der Waals surface area contributed by atoms with Crippen molar-refractivity contribution in [2.24, 2.45) is 0 Å². The van der Waals surface area contributed by atoms with Gasteiger partial charge in [0, 0.05) is 19.8 Å². The highest BCUT2D eigenvalue weighted by molar-refractivity contribution is 6.77. The first-order valence-electron chi connectivity index (χ1n) is 15.7. The summed E-state index contributed by atoms with van der Waals surface area (Å²) in [4.78, 5) is 4.71. The van der Waals surface area contributed by atoms with Crippen LogP contribution < -0.4 is 4.74 Å². The predicted octanol–water partition coefficient (Wildman–Crippen LogP) is 11.3. The van der Waals surface area contributed by atoms with Crippen molar-refractivity contribution in [3.8, 4) is 17.0 Å². The average molecular weight is 524 g/mol. The second kappa shape index (κ2) is 19.5. The molecule has 0 spiro atoms. The van der Waals surface area contributed by atoms with E-state index in [-0.39, 0.29) is 0 Å². The fourth-order valence-electron chi connectivity index (χ4n) is 4.88. The van der Waals surface area contributed by atoms with Crippen molar-refractivity contribution >= 4 is 8.07 Å². The van der Waals surface area contributed by atoms with E-state index in [0.29, 0.717) is 0 Å². The molecule has 37 heavy (non-hydrogen) atoms. The number of pyridine rings is 1. The number of aromatic nitrogens is 1. The van der Waals surface area contributed by atoms with Crippen LogP contribution in [-0.2, 0) is 6.42 Å². The van der Waals surface area contributed by atoms with Gasteiger partial charge in [0.1, 0.15) is 5.75 Å². The van der Waals surface area contributed by atoms with Gasteiger partial charge >= 0.3 is 0 Å². The molecule has 0 atom stereocenters. The number of benzene rings is 1. The highest BCUT2D eigenvalue weighted by Crippen LogP contribution is 2.22. The van der Waals surface area contributed by atoms with Gasteiger partial charge in [0.25, 0.3) is 0 Å². The molecule has 0 N–H and O–H groups in total. The lowest BCUT2D eigenvalue weighted by atomic mass is 10.1. The number of nitrogens with zero attached hydrogens (tertiary/aromatic N) is 1. The second-order valence-corrected chi connectivity index (χ2v) is 17.4. The first-order chi connectivity index (χ1) is 18.0. The summed E-state index contributed by atoms with van der Waals surface area (Å²) in [5.41, 5.74) is 3.56. The summed E-state index contributed by atoms with van der Waals surface area (Å²) < 4.78 is 5.99. The van der Waals surface area contributed by atoms with E-state index in [4.69, 9.17) is 9.72 Å². The summed E-state index contributed by atoms with van der Waals surface area (Å²) in [6, 6.07) is 15.8. The van der Waals surface area contributed by atoms with Gasteiger partial charge in [-0.05, 0) is 55.2 Å². The summed E-state index contributed by atoms with van der Waals surface area (Å²) in [7, 11) is -0.839. The largest absolute Gasteiger partial charge is 0.494 e. The van der Waals surface area contributed by atoms with Crippen LogP contribution in [0.25, 0.3) is 11.3 Å². The zero-order valence-corrected chi connectivity index (χ0v) is 25.8. The van der Waals surface area contributed by atoms with Crippen molar-refractivity contribution in [1.82, 2.24) is 4.98 Å². The van der Waals surface area contributed by atoms with Gasteiger partial charge in [0.15, 0.2) is 0 Å². The summed E-state index contributed by atoms with van der Waals surface area (Å²) >= 11 is 0. The summed E-state index contributed by atoms with van der Waals surface area (Å²) in [5, 5.41) is 0. The van der Waals surface area contributed by atoms with Crippen molar-refractivity contribution in [2.75, 3.05) is 6.61 Å². The first-order valence-corrected chi connectivity index (χ1v) is 19.1. The molecule has 0 fully saturated rings. The molecule has 0 radical (unpaired) electrons. The lowest BCUT2D eigenvalue weighted by Crippen LogP contribution is -2.22. The number of aryl methyl sites for hydroxylation is 1. The Morgan fingerprint density at radius 3 is 1.84 bits per heavy atom. The Labute approximate surface area is 231 Å². The number of hydrogen-bond acceptors (Lipinski definition) is 2. The molecule has 2 aromatic rings. The number of ether oxygens (including phenoxy) is 1. The second-order valence-electron chi connectivity index (χ2n) is 11.9. The zero-order valence-electron chi connectivity index (χ0n) is 24.8. The minimum atomic E-state index is -0.839. The molecule has 0 saturated heterocycles. The number of rotatable bonds is 22. The van der Waals surface area contributed by atoms with Crippen LogP contribution in [0, 0.1) is 0 Å². The van der Waals surface area contributed by atoms with Crippen LogP contribution in [0.3, 0.4) is 0 Å². The molecular weight excluding hydrogens is 466 g/mol. The number of unbranched alkanes of at least 4 members (excludes halogenated alkanes) is 13. The van der Waals surface area contributed by atoms with Gasteiger partial charge in [-0.1, -0.05) is 129 Å². The molecule has 0 aliphatic carbocycles. The van der Waals surface area contributed by atoms with Crippen molar-refractivity contribution < 1.29 is 4.74 Å². The molecule has 208 valence electrons. The van der Waals surface area contributed by atoms with Crippen LogP contribution in [0.1, 0.15) is 116 Å². The van der Waals surface area contributed by atoms with Crippen molar-refractivity contribution in [2.45, 2.75) is 142 Å².